The molecule has 2 unspecified atom stereocenters. The van der Waals surface area contributed by atoms with Crippen molar-refractivity contribution in [1.29, 1.82) is 0 Å². The fourth-order valence-corrected chi connectivity index (χ4v) is 3.48. The first-order valence-corrected chi connectivity index (χ1v) is 7.30. The number of fused-ring (bicyclic) bond motifs is 4. The molecule has 1 amide bonds. The summed E-state index contributed by atoms with van der Waals surface area (Å²) in [6, 6.07) is 17.7. The van der Waals surface area contributed by atoms with E-state index < -0.39 is 0 Å². The van der Waals surface area contributed by atoms with Gasteiger partial charge < -0.3 is 9.64 Å². The van der Waals surface area contributed by atoms with E-state index in [1.54, 1.807) is 0 Å². The van der Waals surface area contributed by atoms with Crippen molar-refractivity contribution >= 4 is 5.91 Å². The molecule has 4 rings (SSSR count). The van der Waals surface area contributed by atoms with E-state index in [9.17, 15) is 4.79 Å². The first-order valence-electron chi connectivity index (χ1n) is 7.30. The molecule has 21 heavy (non-hydrogen) atoms. The van der Waals surface area contributed by atoms with Gasteiger partial charge in [0, 0.05) is 17.5 Å². The van der Waals surface area contributed by atoms with Crippen LogP contribution >= 0.6 is 0 Å². The minimum Gasteiger partial charge on any atom is -0.485 e. The van der Waals surface area contributed by atoms with Crippen LogP contribution in [0.3, 0.4) is 0 Å². The van der Waals surface area contributed by atoms with Crippen LogP contribution in [-0.2, 0) is 0 Å². The zero-order valence-electron chi connectivity index (χ0n) is 12.0. The lowest BCUT2D eigenvalue weighted by Crippen LogP contribution is -2.37. The van der Waals surface area contributed by atoms with Crippen molar-refractivity contribution in [3.63, 3.8) is 0 Å². The number of amides is 1. The van der Waals surface area contributed by atoms with E-state index >= 15 is 0 Å². The second-order valence-corrected chi connectivity index (χ2v) is 6.11. The Bertz CT molecular complexity index is 697. The molecule has 0 saturated carbocycles. The van der Waals surface area contributed by atoms with E-state index in [0.29, 0.717) is 6.54 Å². The van der Waals surface area contributed by atoms with Gasteiger partial charge in [-0.2, -0.15) is 0 Å². The van der Waals surface area contributed by atoms with E-state index in [1.165, 1.54) is 0 Å². The van der Waals surface area contributed by atoms with Crippen molar-refractivity contribution in [2.75, 3.05) is 6.54 Å². The third-order valence-electron chi connectivity index (χ3n) is 4.42. The summed E-state index contributed by atoms with van der Waals surface area (Å²) in [5.41, 5.74) is 1.59. The van der Waals surface area contributed by atoms with Gasteiger partial charge in [0.25, 0.3) is 5.91 Å². The SMILES string of the molecule is CC12CC(c3ccccc3O1)N(C(=O)c1ccccc1)C2. The van der Waals surface area contributed by atoms with Crippen molar-refractivity contribution in [2.24, 2.45) is 0 Å². The van der Waals surface area contributed by atoms with Gasteiger partial charge in [-0.25, -0.2) is 0 Å². The third kappa shape index (κ3) is 1.92. The number of hydrogen-bond acceptors (Lipinski definition) is 2. The molecular formula is C18H17NO2. The van der Waals surface area contributed by atoms with Crippen LogP contribution in [0.5, 0.6) is 5.75 Å². The summed E-state index contributed by atoms with van der Waals surface area (Å²) in [7, 11) is 0. The molecule has 3 heteroatoms. The molecule has 0 aromatic heterocycles. The average molecular weight is 279 g/mol. The van der Waals surface area contributed by atoms with E-state index in [-0.39, 0.29) is 17.6 Å². The van der Waals surface area contributed by atoms with Crippen LogP contribution in [0.2, 0.25) is 0 Å². The highest BCUT2D eigenvalue weighted by molar-refractivity contribution is 5.95. The van der Waals surface area contributed by atoms with E-state index in [2.05, 4.69) is 13.0 Å². The van der Waals surface area contributed by atoms with Gasteiger partial charge in [-0.05, 0) is 25.1 Å². The lowest BCUT2D eigenvalue weighted by molar-refractivity contribution is 0.0691. The summed E-state index contributed by atoms with van der Waals surface area (Å²) >= 11 is 0. The summed E-state index contributed by atoms with van der Waals surface area (Å²) in [6.07, 6.45) is 0.864. The Morgan fingerprint density at radius 2 is 1.86 bits per heavy atom. The van der Waals surface area contributed by atoms with Gasteiger partial charge in [0.05, 0.1) is 12.6 Å². The molecule has 2 atom stereocenters. The van der Waals surface area contributed by atoms with Gasteiger partial charge in [-0.15, -0.1) is 0 Å². The Kier molecular flexibility index (Phi) is 2.58. The number of carbonyl (C=O) groups excluding carboxylic acids is 1. The topological polar surface area (TPSA) is 29.5 Å². The Hall–Kier alpha value is -2.29. The zero-order chi connectivity index (χ0) is 14.4. The number of carbonyl (C=O) groups is 1. The normalized spacial score (nSPS) is 26.1. The maximum atomic E-state index is 12.8. The number of benzene rings is 2. The smallest absolute Gasteiger partial charge is 0.254 e. The summed E-state index contributed by atoms with van der Waals surface area (Å²) in [5.74, 6) is 1.00. The summed E-state index contributed by atoms with van der Waals surface area (Å²) in [6.45, 7) is 2.73. The highest BCUT2D eigenvalue weighted by atomic mass is 16.5. The summed E-state index contributed by atoms with van der Waals surface area (Å²) < 4.78 is 6.13. The maximum Gasteiger partial charge on any atom is 0.254 e. The Morgan fingerprint density at radius 1 is 1.14 bits per heavy atom. The molecule has 2 bridgehead atoms. The average Bonchev–Trinajstić information content (AvgIpc) is 2.80. The second-order valence-electron chi connectivity index (χ2n) is 6.11. The molecule has 2 aliphatic rings. The van der Waals surface area contributed by atoms with Crippen LogP contribution in [0.4, 0.5) is 0 Å². The zero-order valence-corrected chi connectivity index (χ0v) is 12.0. The van der Waals surface area contributed by atoms with Crippen LogP contribution in [0.15, 0.2) is 54.6 Å². The van der Waals surface area contributed by atoms with Gasteiger partial charge in [0.2, 0.25) is 0 Å². The first-order chi connectivity index (χ1) is 10.2. The maximum absolute atomic E-state index is 12.8. The Morgan fingerprint density at radius 3 is 2.67 bits per heavy atom. The number of likely N-dealkylation sites (tertiary alicyclic amines) is 1. The standard InChI is InChI=1S/C18H17NO2/c1-18-11-15(14-9-5-6-10-16(14)21-18)19(12-18)17(20)13-7-3-2-4-8-13/h2-10,15H,11-12H2,1H3. The highest BCUT2D eigenvalue weighted by Crippen LogP contribution is 2.48. The molecule has 2 heterocycles. The number of rotatable bonds is 1. The van der Waals surface area contributed by atoms with Crippen molar-refractivity contribution < 1.29 is 9.53 Å². The van der Waals surface area contributed by atoms with Gasteiger partial charge in [-0.1, -0.05) is 36.4 Å². The first kappa shape index (κ1) is 12.5. The van der Waals surface area contributed by atoms with Crippen molar-refractivity contribution in [1.82, 2.24) is 4.90 Å². The van der Waals surface area contributed by atoms with Gasteiger partial charge in [0.15, 0.2) is 0 Å². The minimum absolute atomic E-state index is 0.0876. The number of ether oxygens (including phenoxy) is 1. The van der Waals surface area contributed by atoms with Crippen molar-refractivity contribution in [2.45, 2.75) is 25.0 Å². The molecule has 2 aromatic carbocycles. The van der Waals surface area contributed by atoms with Crippen LogP contribution < -0.4 is 4.74 Å². The Balaban J connectivity index is 1.74. The summed E-state index contributed by atoms with van der Waals surface area (Å²) in [4.78, 5) is 14.8. The molecule has 2 aliphatic heterocycles. The van der Waals surface area contributed by atoms with Gasteiger partial charge in [0.1, 0.15) is 11.4 Å². The van der Waals surface area contributed by atoms with Crippen molar-refractivity contribution in [3.05, 3.63) is 65.7 Å². The van der Waals surface area contributed by atoms with E-state index in [4.69, 9.17) is 4.74 Å². The lowest BCUT2D eigenvalue weighted by Gasteiger charge is -2.30. The predicted molar refractivity (Wildman–Crippen MR) is 80.3 cm³/mol. The number of para-hydroxylation sites is 1. The molecule has 0 N–H and O–H groups in total. The number of hydrogen-bond donors (Lipinski definition) is 0. The molecule has 1 fully saturated rings. The largest absolute Gasteiger partial charge is 0.485 e. The van der Waals surface area contributed by atoms with Gasteiger partial charge in [-0.3, -0.25) is 4.79 Å². The molecule has 0 radical (unpaired) electrons. The molecule has 1 saturated heterocycles. The van der Waals surface area contributed by atoms with Crippen LogP contribution in [0.1, 0.15) is 35.3 Å². The number of nitrogens with zero attached hydrogens (tertiary/aromatic N) is 1. The van der Waals surface area contributed by atoms with Crippen LogP contribution in [0.25, 0.3) is 0 Å². The van der Waals surface area contributed by atoms with Gasteiger partial charge >= 0.3 is 0 Å². The molecule has 2 aromatic rings. The molecule has 3 nitrogen and oxygen atoms in total. The fourth-order valence-electron chi connectivity index (χ4n) is 3.48. The minimum atomic E-state index is -0.274. The molecule has 0 aliphatic carbocycles. The quantitative estimate of drug-likeness (QED) is 0.800. The summed E-state index contributed by atoms with van der Waals surface area (Å²) in [5, 5.41) is 0. The Labute approximate surface area is 124 Å². The molecule has 106 valence electrons. The van der Waals surface area contributed by atoms with E-state index in [1.807, 2.05) is 53.4 Å². The van der Waals surface area contributed by atoms with E-state index in [0.717, 1.165) is 23.3 Å². The second kappa shape index (κ2) is 4.35. The lowest BCUT2D eigenvalue weighted by atomic mass is 9.93. The molecule has 0 spiro atoms. The molecular weight excluding hydrogens is 262 g/mol. The monoisotopic (exact) mass is 279 g/mol. The fraction of sp³-hybridized carbons (Fsp3) is 0.278. The van der Waals surface area contributed by atoms with Crippen LogP contribution in [-0.4, -0.2) is 23.0 Å². The highest BCUT2D eigenvalue weighted by Gasteiger charge is 2.49. The predicted octanol–water partition coefficient (Wildman–Crippen LogP) is 3.42. The van der Waals surface area contributed by atoms with Crippen molar-refractivity contribution in [3.8, 4) is 5.75 Å². The third-order valence-corrected chi connectivity index (χ3v) is 4.42. The van der Waals surface area contributed by atoms with Crippen LogP contribution in [0, 0.1) is 0 Å².